The van der Waals surface area contributed by atoms with Crippen LogP contribution in [0.15, 0.2) is 21.5 Å². The number of halogens is 1. The lowest BCUT2D eigenvalue weighted by molar-refractivity contribution is 1.29. The minimum Gasteiger partial charge on any atom is -0.398 e. The topological polar surface area (TPSA) is 26.0 Å². The summed E-state index contributed by atoms with van der Waals surface area (Å²) in [6.45, 7) is 2.06. The summed E-state index contributed by atoms with van der Waals surface area (Å²) in [4.78, 5) is 1.17. The number of anilines is 1. The summed E-state index contributed by atoms with van der Waals surface area (Å²) >= 11 is 5.13. The van der Waals surface area contributed by atoms with Gasteiger partial charge < -0.3 is 5.73 Å². The van der Waals surface area contributed by atoms with E-state index >= 15 is 0 Å². The van der Waals surface area contributed by atoms with E-state index in [-0.39, 0.29) is 0 Å². The van der Waals surface area contributed by atoms with Crippen LogP contribution in [0, 0.1) is 6.92 Å². The zero-order valence-electron chi connectivity index (χ0n) is 6.52. The van der Waals surface area contributed by atoms with E-state index in [9.17, 15) is 0 Å². The Morgan fingerprint density at radius 3 is 2.55 bits per heavy atom. The lowest BCUT2D eigenvalue weighted by Gasteiger charge is -2.07. The van der Waals surface area contributed by atoms with E-state index in [0.717, 1.165) is 10.2 Å². The monoisotopic (exact) mass is 231 g/mol. The van der Waals surface area contributed by atoms with Gasteiger partial charge in [-0.25, -0.2) is 0 Å². The molecule has 0 heterocycles. The molecule has 11 heavy (non-hydrogen) atoms. The van der Waals surface area contributed by atoms with Crippen molar-refractivity contribution in [1.82, 2.24) is 0 Å². The number of hydrogen-bond donors (Lipinski definition) is 1. The first-order valence-electron chi connectivity index (χ1n) is 3.25. The van der Waals surface area contributed by atoms with Crippen molar-refractivity contribution in [3.8, 4) is 0 Å². The average molecular weight is 232 g/mol. The Hall–Kier alpha value is -0.150. The summed E-state index contributed by atoms with van der Waals surface area (Å²) in [6.07, 6.45) is 2.03. The van der Waals surface area contributed by atoms with Crippen LogP contribution in [-0.2, 0) is 0 Å². The predicted octanol–water partition coefficient (Wildman–Crippen LogP) is 3.06. The molecule has 0 saturated heterocycles. The van der Waals surface area contributed by atoms with Crippen molar-refractivity contribution in [3.63, 3.8) is 0 Å². The molecule has 0 aromatic heterocycles. The maximum Gasteiger partial charge on any atom is 0.0455 e. The van der Waals surface area contributed by atoms with Crippen LogP contribution in [0.4, 0.5) is 5.69 Å². The van der Waals surface area contributed by atoms with Crippen LogP contribution in [0.25, 0.3) is 0 Å². The Labute approximate surface area is 79.5 Å². The highest BCUT2D eigenvalue weighted by Gasteiger charge is 2.03. The summed E-state index contributed by atoms with van der Waals surface area (Å²) < 4.78 is 1.12. The molecule has 0 radical (unpaired) electrons. The van der Waals surface area contributed by atoms with Gasteiger partial charge in [-0.3, -0.25) is 0 Å². The third kappa shape index (κ3) is 1.71. The van der Waals surface area contributed by atoms with Crippen LogP contribution in [0.1, 0.15) is 5.56 Å². The molecule has 1 aromatic carbocycles. The molecule has 0 fully saturated rings. The standard InChI is InChI=1S/C8H10BrNS/c1-5-6(9)3-4-7(10)8(5)11-2/h3-4H,10H2,1-2H3. The van der Waals surface area contributed by atoms with Gasteiger partial charge in [0.15, 0.2) is 0 Å². The maximum atomic E-state index is 5.76. The second-order valence-electron chi connectivity index (χ2n) is 2.29. The summed E-state index contributed by atoms with van der Waals surface area (Å²) in [5, 5.41) is 0. The van der Waals surface area contributed by atoms with Gasteiger partial charge in [0.1, 0.15) is 0 Å². The van der Waals surface area contributed by atoms with Gasteiger partial charge in [0.25, 0.3) is 0 Å². The van der Waals surface area contributed by atoms with Crippen LogP contribution < -0.4 is 5.73 Å². The third-order valence-electron chi connectivity index (χ3n) is 1.57. The molecule has 0 atom stereocenters. The normalized spacial score (nSPS) is 10.1. The van der Waals surface area contributed by atoms with Crippen LogP contribution in [0.3, 0.4) is 0 Å². The number of nitrogens with two attached hydrogens (primary N) is 1. The van der Waals surface area contributed by atoms with Crippen molar-refractivity contribution in [1.29, 1.82) is 0 Å². The SMILES string of the molecule is CSc1c(N)ccc(Br)c1C. The van der Waals surface area contributed by atoms with E-state index in [1.54, 1.807) is 11.8 Å². The van der Waals surface area contributed by atoms with Crippen molar-refractivity contribution in [2.24, 2.45) is 0 Å². The zero-order valence-corrected chi connectivity index (χ0v) is 8.92. The Bertz CT molecular complexity index is 273. The maximum absolute atomic E-state index is 5.76. The molecule has 3 heteroatoms. The van der Waals surface area contributed by atoms with Gasteiger partial charge in [0.2, 0.25) is 0 Å². The highest BCUT2D eigenvalue weighted by Crippen LogP contribution is 2.31. The molecule has 2 N–H and O–H groups in total. The van der Waals surface area contributed by atoms with Crippen molar-refractivity contribution in [3.05, 3.63) is 22.2 Å². The second kappa shape index (κ2) is 3.50. The highest BCUT2D eigenvalue weighted by atomic mass is 79.9. The van der Waals surface area contributed by atoms with Crippen LogP contribution in [0.5, 0.6) is 0 Å². The molecule has 0 saturated carbocycles. The summed E-state index contributed by atoms with van der Waals surface area (Å²) in [5.74, 6) is 0. The summed E-state index contributed by atoms with van der Waals surface area (Å²) in [5.41, 5.74) is 7.84. The van der Waals surface area contributed by atoms with Gasteiger partial charge >= 0.3 is 0 Å². The molecule has 1 nitrogen and oxygen atoms in total. The molecule has 0 bridgehead atoms. The Balaban J connectivity index is 3.29. The van der Waals surface area contributed by atoms with Crippen LogP contribution in [-0.4, -0.2) is 6.26 Å². The smallest absolute Gasteiger partial charge is 0.0455 e. The van der Waals surface area contributed by atoms with E-state index in [1.165, 1.54) is 10.5 Å². The fourth-order valence-corrected chi connectivity index (χ4v) is 2.14. The first-order valence-corrected chi connectivity index (χ1v) is 5.27. The number of benzene rings is 1. The van der Waals surface area contributed by atoms with E-state index in [1.807, 2.05) is 18.4 Å². The predicted molar refractivity (Wildman–Crippen MR) is 55.1 cm³/mol. The Morgan fingerprint density at radius 1 is 1.45 bits per heavy atom. The van der Waals surface area contributed by atoms with E-state index in [0.29, 0.717) is 0 Å². The van der Waals surface area contributed by atoms with Gasteiger partial charge in [0, 0.05) is 15.1 Å². The van der Waals surface area contributed by atoms with Crippen molar-refractivity contribution in [2.75, 3.05) is 12.0 Å². The molecule has 0 aliphatic heterocycles. The fourth-order valence-electron chi connectivity index (χ4n) is 0.960. The van der Waals surface area contributed by atoms with Gasteiger partial charge in [-0.2, -0.15) is 0 Å². The lowest BCUT2D eigenvalue weighted by Crippen LogP contribution is -1.91. The van der Waals surface area contributed by atoms with Crippen LogP contribution in [0.2, 0.25) is 0 Å². The quantitative estimate of drug-likeness (QED) is 0.594. The molecule has 60 valence electrons. The van der Waals surface area contributed by atoms with Crippen LogP contribution >= 0.6 is 27.7 Å². The fraction of sp³-hybridized carbons (Fsp3) is 0.250. The number of nitrogen functional groups attached to an aromatic ring is 1. The van der Waals surface area contributed by atoms with E-state index < -0.39 is 0 Å². The lowest BCUT2D eigenvalue weighted by atomic mass is 10.2. The van der Waals surface area contributed by atoms with Gasteiger partial charge in [-0.1, -0.05) is 15.9 Å². The molecule has 0 amide bonds. The van der Waals surface area contributed by atoms with Gasteiger partial charge in [-0.15, -0.1) is 11.8 Å². The number of hydrogen-bond acceptors (Lipinski definition) is 2. The molecule has 1 rings (SSSR count). The summed E-state index contributed by atoms with van der Waals surface area (Å²) in [6, 6.07) is 3.90. The largest absolute Gasteiger partial charge is 0.398 e. The van der Waals surface area contributed by atoms with Crippen molar-refractivity contribution in [2.45, 2.75) is 11.8 Å². The third-order valence-corrected chi connectivity index (χ3v) is 3.38. The first-order chi connectivity index (χ1) is 5.16. The number of rotatable bonds is 1. The van der Waals surface area contributed by atoms with E-state index in [2.05, 4.69) is 22.9 Å². The molecular formula is C8H10BrNS. The molecule has 1 aromatic rings. The molecule has 0 aliphatic rings. The minimum absolute atomic E-state index is 0.859. The summed E-state index contributed by atoms with van der Waals surface area (Å²) in [7, 11) is 0. The van der Waals surface area contributed by atoms with Crippen molar-refractivity contribution < 1.29 is 0 Å². The van der Waals surface area contributed by atoms with E-state index in [4.69, 9.17) is 5.73 Å². The minimum atomic E-state index is 0.859. The van der Waals surface area contributed by atoms with Gasteiger partial charge in [0.05, 0.1) is 0 Å². The Morgan fingerprint density at radius 2 is 2.09 bits per heavy atom. The molecular weight excluding hydrogens is 222 g/mol. The highest BCUT2D eigenvalue weighted by molar-refractivity contribution is 9.10. The molecule has 0 aliphatic carbocycles. The molecule has 0 spiro atoms. The van der Waals surface area contributed by atoms with Crippen molar-refractivity contribution >= 4 is 33.4 Å². The second-order valence-corrected chi connectivity index (χ2v) is 3.97. The average Bonchev–Trinajstić information content (AvgIpc) is 1.99. The van der Waals surface area contributed by atoms with Gasteiger partial charge in [-0.05, 0) is 30.9 Å². The number of thioether (sulfide) groups is 1. The first kappa shape index (κ1) is 8.94. The zero-order chi connectivity index (χ0) is 8.43. The molecule has 0 unspecified atom stereocenters. The Kier molecular flexibility index (Phi) is 2.84.